The van der Waals surface area contributed by atoms with Crippen LogP contribution in [0.1, 0.15) is 12.5 Å². The number of benzene rings is 2. The predicted molar refractivity (Wildman–Crippen MR) is 108 cm³/mol. The van der Waals surface area contributed by atoms with Crippen molar-refractivity contribution < 1.29 is 19.1 Å². The first-order chi connectivity index (χ1) is 13.3. The van der Waals surface area contributed by atoms with Gasteiger partial charge in [0.05, 0.1) is 19.2 Å². The zero-order valence-corrected chi connectivity index (χ0v) is 17.3. The standard InChI is InChI=1S/C19H19Cl2N3O4/c1-11-7-5-8-13(20)16(11)22-23-17(12(2)25)19(26)24(21)18-14(27-3)9-6-10-15(18)28-4/h5-10,17H,1-4H3. The van der Waals surface area contributed by atoms with Crippen molar-refractivity contribution in [2.75, 3.05) is 18.6 Å². The Morgan fingerprint density at radius 1 is 1.07 bits per heavy atom. The van der Waals surface area contributed by atoms with E-state index in [1.54, 1.807) is 43.3 Å². The van der Waals surface area contributed by atoms with Gasteiger partial charge in [0.25, 0.3) is 5.91 Å². The van der Waals surface area contributed by atoms with Crippen LogP contribution in [0.3, 0.4) is 0 Å². The minimum absolute atomic E-state index is 0.162. The molecule has 2 aromatic rings. The second kappa shape index (κ2) is 9.52. The molecule has 2 rings (SSSR count). The molecule has 0 saturated carbocycles. The van der Waals surface area contributed by atoms with E-state index in [9.17, 15) is 9.59 Å². The van der Waals surface area contributed by atoms with E-state index in [2.05, 4.69) is 10.2 Å². The van der Waals surface area contributed by atoms with Crippen LogP contribution in [0.4, 0.5) is 11.4 Å². The number of anilines is 1. The van der Waals surface area contributed by atoms with Gasteiger partial charge in [-0.1, -0.05) is 29.8 Å². The van der Waals surface area contributed by atoms with Crippen LogP contribution in [0.2, 0.25) is 5.02 Å². The van der Waals surface area contributed by atoms with E-state index >= 15 is 0 Å². The zero-order valence-electron chi connectivity index (χ0n) is 15.8. The molecule has 0 saturated heterocycles. The van der Waals surface area contributed by atoms with E-state index in [1.807, 2.05) is 0 Å². The fourth-order valence-electron chi connectivity index (χ4n) is 2.41. The van der Waals surface area contributed by atoms with Gasteiger partial charge in [0, 0.05) is 11.8 Å². The number of halogens is 2. The highest BCUT2D eigenvalue weighted by molar-refractivity contribution is 6.40. The monoisotopic (exact) mass is 423 g/mol. The molecule has 0 radical (unpaired) electrons. The lowest BCUT2D eigenvalue weighted by molar-refractivity contribution is -0.126. The largest absolute Gasteiger partial charge is 0.494 e. The van der Waals surface area contributed by atoms with Crippen LogP contribution in [0.5, 0.6) is 11.5 Å². The summed E-state index contributed by atoms with van der Waals surface area (Å²) in [4.78, 5) is 25.0. The number of azo groups is 1. The van der Waals surface area contributed by atoms with Gasteiger partial charge in [0.15, 0.2) is 5.78 Å². The van der Waals surface area contributed by atoms with Crippen LogP contribution in [0, 0.1) is 6.92 Å². The van der Waals surface area contributed by atoms with Crippen molar-refractivity contribution in [2.45, 2.75) is 19.9 Å². The van der Waals surface area contributed by atoms with E-state index in [4.69, 9.17) is 32.9 Å². The SMILES string of the molecule is COc1cccc(OC)c1N(Cl)C(=O)C(N=Nc1c(C)cccc1Cl)C(C)=O. The highest BCUT2D eigenvalue weighted by atomic mass is 35.5. The van der Waals surface area contributed by atoms with Gasteiger partial charge in [-0.05, 0) is 37.6 Å². The molecule has 0 spiro atoms. The maximum Gasteiger partial charge on any atom is 0.276 e. The zero-order chi connectivity index (χ0) is 20.8. The molecule has 0 aliphatic carbocycles. The molecule has 2 aromatic carbocycles. The Hall–Kier alpha value is -2.64. The number of carbonyl (C=O) groups excluding carboxylic acids is 2. The minimum Gasteiger partial charge on any atom is -0.494 e. The summed E-state index contributed by atoms with van der Waals surface area (Å²) in [7, 11) is 2.85. The Morgan fingerprint density at radius 2 is 1.64 bits per heavy atom. The Bertz CT molecular complexity index is 876. The van der Waals surface area contributed by atoms with Gasteiger partial charge >= 0.3 is 0 Å². The van der Waals surface area contributed by atoms with Crippen LogP contribution in [-0.2, 0) is 9.59 Å². The molecule has 7 nitrogen and oxygen atoms in total. The number of amides is 1. The van der Waals surface area contributed by atoms with Crippen molar-refractivity contribution in [2.24, 2.45) is 10.2 Å². The highest BCUT2D eigenvalue weighted by Crippen LogP contribution is 2.39. The van der Waals surface area contributed by atoms with Crippen molar-refractivity contribution >= 4 is 46.4 Å². The van der Waals surface area contributed by atoms with Crippen molar-refractivity contribution in [1.29, 1.82) is 0 Å². The first-order valence-electron chi connectivity index (χ1n) is 8.19. The molecule has 28 heavy (non-hydrogen) atoms. The number of methoxy groups -OCH3 is 2. The molecule has 0 N–H and O–H groups in total. The van der Waals surface area contributed by atoms with Gasteiger partial charge in [-0.2, -0.15) is 10.2 Å². The molecular formula is C19H19Cl2N3O4. The average Bonchev–Trinajstić information content (AvgIpc) is 2.68. The number of nitrogens with zero attached hydrogens (tertiary/aromatic N) is 3. The first-order valence-corrected chi connectivity index (χ1v) is 8.90. The van der Waals surface area contributed by atoms with Crippen LogP contribution in [-0.4, -0.2) is 32.0 Å². The molecule has 1 unspecified atom stereocenters. The molecule has 0 fully saturated rings. The highest BCUT2D eigenvalue weighted by Gasteiger charge is 2.32. The third-order valence-electron chi connectivity index (χ3n) is 3.87. The van der Waals surface area contributed by atoms with Crippen LogP contribution in [0.25, 0.3) is 0 Å². The van der Waals surface area contributed by atoms with E-state index in [-0.39, 0.29) is 5.69 Å². The first kappa shape index (κ1) is 21.7. The van der Waals surface area contributed by atoms with Crippen molar-refractivity contribution in [3.63, 3.8) is 0 Å². The molecule has 1 atom stereocenters. The maximum absolute atomic E-state index is 12.9. The third-order valence-corrected chi connectivity index (χ3v) is 4.51. The molecule has 0 aliphatic heterocycles. The number of carbonyl (C=O) groups is 2. The quantitative estimate of drug-likeness (QED) is 0.360. The number of Topliss-reactive ketones (excluding diaryl/α,β-unsaturated/α-hetero) is 1. The predicted octanol–water partition coefficient (Wildman–Crippen LogP) is 4.89. The number of ketones is 1. The summed E-state index contributed by atoms with van der Waals surface area (Å²) in [6.45, 7) is 3.02. The Balaban J connectivity index is 2.41. The lowest BCUT2D eigenvalue weighted by Gasteiger charge is -2.21. The van der Waals surface area contributed by atoms with Gasteiger partial charge in [0.1, 0.15) is 22.9 Å². The van der Waals surface area contributed by atoms with E-state index in [0.29, 0.717) is 22.2 Å². The van der Waals surface area contributed by atoms with Gasteiger partial charge in [-0.3, -0.25) is 9.59 Å². The molecule has 0 heterocycles. The van der Waals surface area contributed by atoms with Crippen molar-refractivity contribution in [3.8, 4) is 11.5 Å². The van der Waals surface area contributed by atoms with Crippen molar-refractivity contribution in [3.05, 3.63) is 47.0 Å². The normalized spacial score (nSPS) is 11.9. The average molecular weight is 424 g/mol. The molecule has 1 amide bonds. The van der Waals surface area contributed by atoms with Gasteiger partial charge in [-0.15, -0.1) is 0 Å². The smallest absolute Gasteiger partial charge is 0.276 e. The second-order valence-corrected chi connectivity index (χ2v) is 6.51. The summed E-state index contributed by atoms with van der Waals surface area (Å²) in [5.74, 6) is -0.740. The lowest BCUT2D eigenvalue weighted by Crippen LogP contribution is -2.36. The number of hydrogen-bond acceptors (Lipinski definition) is 6. The number of para-hydroxylation sites is 1. The topological polar surface area (TPSA) is 80.6 Å². The van der Waals surface area contributed by atoms with Crippen LogP contribution in [0.15, 0.2) is 46.6 Å². The summed E-state index contributed by atoms with van der Waals surface area (Å²) in [5.41, 5.74) is 1.29. The maximum atomic E-state index is 12.9. The van der Waals surface area contributed by atoms with Crippen molar-refractivity contribution in [1.82, 2.24) is 0 Å². The van der Waals surface area contributed by atoms with Crippen LogP contribution >= 0.6 is 23.4 Å². The second-order valence-electron chi connectivity index (χ2n) is 5.76. The summed E-state index contributed by atoms with van der Waals surface area (Å²) in [6, 6.07) is 8.63. The molecule has 0 aliphatic rings. The van der Waals surface area contributed by atoms with E-state index < -0.39 is 17.7 Å². The molecular weight excluding hydrogens is 405 g/mol. The fourth-order valence-corrected chi connectivity index (χ4v) is 2.93. The van der Waals surface area contributed by atoms with E-state index in [1.165, 1.54) is 21.1 Å². The minimum atomic E-state index is -1.46. The Labute approximate surface area is 173 Å². The summed E-state index contributed by atoms with van der Waals surface area (Å²) >= 11 is 12.4. The molecule has 9 heteroatoms. The molecule has 0 aromatic heterocycles. The Kier molecular flexibility index (Phi) is 7.37. The number of aryl methyl sites for hydroxylation is 1. The van der Waals surface area contributed by atoms with Gasteiger partial charge in [0.2, 0.25) is 6.04 Å². The Morgan fingerprint density at radius 3 is 2.14 bits per heavy atom. The van der Waals surface area contributed by atoms with E-state index in [0.717, 1.165) is 9.98 Å². The summed E-state index contributed by atoms with van der Waals surface area (Å²) in [6.07, 6.45) is 0. The van der Waals surface area contributed by atoms with Gasteiger partial charge < -0.3 is 9.47 Å². The number of ether oxygens (including phenoxy) is 2. The molecule has 0 bridgehead atoms. The third kappa shape index (κ3) is 4.61. The molecule has 148 valence electrons. The summed E-state index contributed by atoms with van der Waals surface area (Å²) in [5, 5.41) is 8.27. The number of hydrogen-bond donors (Lipinski definition) is 0. The lowest BCUT2D eigenvalue weighted by atomic mass is 10.2. The van der Waals surface area contributed by atoms with Crippen LogP contribution < -0.4 is 13.9 Å². The van der Waals surface area contributed by atoms with Gasteiger partial charge in [-0.25, -0.2) is 4.42 Å². The fraction of sp³-hybridized carbons (Fsp3) is 0.263. The number of rotatable bonds is 7. The summed E-state index contributed by atoms with van der Waals surface area (Å²) < 4.78 is 11.2.